The van der Waals surface area contributed by atoms with E-state index in [1.807, 2.05) is 59.7 Å². The third kappa shape index (κ3) is 7.40. The Morgan fingerprint density at radius 2 is 1.59 bits per heavy atom. The second kappa shape index (κ2) is 9.15. The SMILES string of the molecule is CC(NC1CC(COC(C)(C)C)(COC(C)(C)C)CC1C(=O)O)c1ccccc1. The van der Waals surface area contributed by atoms with Crippen molar-refractivity contribution in [2.45, 2.75) is 84.6 Å². The topological polar surface area (TPSA) is 67.8 Å². The van der Waals surface area contributed by atoms with Gasteiger partial charge in [-0.05, 0) is 66.9 Å². The number of ether oxygens (including phenoxy) is 2. The summed E-state index contributed by atoms with van der Waals surface area (Å²) in [6.45, 7) is 15.3. The van der Waals surface area contributed by atoms with Crippen molar-refractivity contribution in [2.24, 2.45) is 11.3 Å². The first-order valence-corrected chi connectivity index (χ1v) is 10.6. The van der Waals surface area contributed by atoms with Gasteiger partial charge in [0.15, 0.2) is 0 Å². The van der Waals surface area contributed by atoms with Crippen LogP contribution in [0.4, 0.5) is 0 Å². The third-order valence-electron chi connectivity index (χ3n) is 5.50. The molecule has 1 aliphatic carbocycles. The molecule has 1 aromatic carbocycles. The lowest BCUT2D eigenvalue weighted by molar-refractivity contribution is -0.143. The van der Waals surface area contributed by atoms with Crippen molar-refractivity contribution >= 4 is 5.97 Å². The Morgan fingerprint density at radius 1 is 1.07 bits per heavy atom. The number of carbonyl (C=O) groups is 1. The van der Waals surface area contributed by atoms with Crippen molar-refractivity contribution in [3.8, 4) is 0 Å². The largest absolute Gasteiger partial charge is 0.481 e. The Bertz CT molecular complexity index is 642. The van der Waals surface area contributed by atoms with Crippen LogP contribution in [0.1, 0.15) is 72.9 Å². The molecule has 164 valence electrons. The molecule has 0 saturated heterocycles. The zero-order chi connectivity index (χ0) is 21.9. The Hall–Kier alpha value is -1.43. The predicted molar refractivity (Wildman–Crippen MR) is 116 cm³/mol. The lowest BCUT2D eigenvalue weighted by atomic mass is 9.86. The number of benzene rings is 1. The normalized spacial score (nSPS) is 23.1. The van der Waals surface area contributed by atoms with Gasteiger partial charge in [0.1, 0.15) is 0 Å². The molecule has 0 aromatic heterocycles. The van der Waals surface area contributed by atoms with E-state index < -0.39 is 11.9 Å². The van der Waals surface area contributed by atoms with Gasteiger partial charge in [-0.15, -0.1) is 0 Å². The van der Waals surface area contributed by atoms with E-state index in [2.05, 4.69) is 24.4 Å². The van der Waals surface area contributed by atoms with Crippen LogP contribution < -0.4 is 5.32 Å². The Kier molecular flexibility index (Phi) is 7.52. The Morgan fingerprint density at radius 3 is 2.03 bits per heavy atom. The zero-order valence-corrected chi connectivity index (χ0v) is 19.1. The number of nitrogens with one attached hydrogen (secondary N) is 1. The zero-order valence-electron chi connectivity index (χ0n) is 19.1. The highest BCUT2D eigenvalue weighted by molar-refractivity contribution is 5.71. The standard InChI is InChI=1S/C24H39NO4/c1-17(18-11-9-8-10-12-18)25-20-14-24(13-19(20)21(26)27,15-28-22(2,3)4)16-29-23(5,6)7/h8-12,17,19-20,25H,13-16H2,1-7H3,(H,26,27). The van der Waals surface area contributed by atoms with Gasteiger partial charge < -0.3 is 19.9 Å². The van der Waals surface area contributed by atoms with Gasteiger partial charge in [-0.2, -0.15) is 0 Å². The van der Waals surface area contributed by atoms with E-state index in [1.54, 1.807) is 0 Å². The summed E-state index contributed by atoms with van der Waals surface area (Å²) in [4.78, 5) is 12.1. The summed E-state index contributed by atoms with van der Waals surface area (Å²) in [6, 6.07) is 10.1. The second-order valence-corrected chi connectivity index (χ2v) is 10.6. The molecule has 3 unspecified atom stereocenters. The van der Waals surface area contributed by atoms with E-state index in [1.165, 1.54) is 0 Å². The molecule has 29 heavy (non-hydrogen) atoms. The van der Waals surface area contributed by atoms with Gasteiger partial charge in [-0.3, -0.25) is 4.79 Å². The van der Waals surface area contributed by atoms with Gasteiger partial charge >= 0.3 is 5.97 Å². The monoisotopic (exact) mass is 405 g/mol. The molecular weight excluding hydrogens is 366 g/mol. The molecule has 3 atom stereocenters. The van der Waals surface area contributed by atoms with E-state index in [9.17, 15) is 9.90 Å². The fraction of sp³-hybridized carbons (Fsp3) is 0.708. The maximum Gasteiger partial charge on any atom is 0.308 e. The predicted octanol–water partition coefficient (Wildman–Crippen LogP) is 4.82. The summed E-state index contributed by atoms with van der Waals surface area (Å²) in [7, 11) is 0. The molecule has 1 aromatic rings. The summed E-state index contributed by atoms with van der Waals surface area (Å²) in [6.07, 6.45) is 1.26. The highest BCUT2D eigenvalue weighted by atomic mass is 16.5. The van der Waals surface area contributed by atoms with Crippen molar-refractivity contribution < 1.29 is 19.4 Å². The van der Waals surface area contributed by atoms with Crippen LogP contribution in [0, 0.1) is 11.3 Å². The van der Waals surface area contributed by atoms with Crippen LogP contribution in [0.5, 0.6) is 0 Å². The minimum atomic E-state index is -0.754. The van der Waals surface area contributed by atoms with Crippen LogP contribution in [0.3, 0.4) is 0 Å². The highest BCUT2D eigenvalue weighted by Crippen LogP contribution is 2.44. The molecule has 0 radical (unpaired) electrons. The average Bonchev–Trinajstić information content (AvgIpc) is 2.97. The molecule has 0 amide bonds. The summed E-state index contributed by atoms with van der Waals surface area (Å²) < 4.78 is 12.3. The van der Waals surface area contributed by atoms with Crippen LogP contribution in [-0.4, -0.2) is 41.5 Å². The molecule has 1 fully saturated rings. The molecule has 0 heterocycles. The molecule has 2 N–H and O–H groups in total. The minimum Gasteiger partial charge on any atom is -0.481 e. The van der Waals surface area contributed by atoms with Crippen LogP contribution >= 0.6 is 0 Å². The molecule has 5 nitrogen and oxygen atoms in total. The average molecular weight is 406 g/mol. The lowest BCUT2D eigenvalue weighted by Crippen LogP contribution is -2.39. The van der Waals surface area contributed by atoms with E-state index in [4.69, 9.17) is 9.47 Å². The molecule has 0 spiro atoms. The van der Waals surface area contributed by atoms with Gasteiger partial charge in [-0.25, -0.2) is 0 Å². The summed E-state index contributed by atoms with van der Waals surface area (Å²) >= 11 is 0. The molecule has 1 saturated carbocycles. The highest BCUT2D eigenvalue weighted by Gasteiger charge is 2.49. The van der Waals surface area contributed by atoms with Gasteiger partial charge in [-0.1, -0.05) is 30.3 Å². The first-order chi connectivity index (χ1) is 13.3. The number of aliphatic carboxylic acids is 1. The van der Waals surface area contributed by atoms with E-state index in [0.717, 1.165) is 5.56 Å². The first-order valence-electron chi connectivity index (χ1n) is 10.6. The molecule has 0 bridgehead atoms. The number of hydrogen-bond donors (Lipinski definition) is 2. The van der Waals surface area contributed by atoms with E-state index in [-0.39, 0.29) is 28.7 Å². The van der Waals surface area contributed by atoms with Crippen LogP contribution in [0.15, 0.2) is 30.3 Å². The minimum absolute atomic E-state index is 0.0749. The van der Waals surface area contributed by atoms with Gasteiger partial charge in [0, 0.05) is 17.5 Å². The number of carboxylic acids is 1. The van der Waals surface area contributed by atoms with Crippen molar-refractivity contribution in [3.05, 3.63) is 35.9 Å². The molecular formula is C24H39NO4. The van der Waals surface area contributed by atoms with Crippen molar-refractivity contribution in [1.82, 2.24) is 5.32 Å². The third-order valence-corrected chi connectivity index (χ3v) is 5.50. The first kappa shape index (κ1) is 23.8. The maximum atomic E-state index is 12.1. The molecule has 0 aliphatic heterocycles. The number of carboxylic acid groups (broad SMARTS) is 1. The fourth-order valence-corrected chi connectivity index (χ4v) is 3.91. The molecule has 1 aliphatic rings. The van der Waals surface area contributed by atoms with Crippen LogP contribution in [0.25, 0.3) is 0 Å². The summed E-state index contributed by atoms with van der Waals surface area (Å²) in [5.41, 5.74) is 0.274. The van der Waals surface area contributed by atoms with Crippen molar-refractivity contribution in [2.75, 3.05) is 13.2 Å². The summed E-state index contributed by atoms with van der Waals surface area (Å²) in [5, 5.41) is 13.5. The van der Waals surface area contributed by atoms with Crippen LogP contribution in [-0.2, 0) is 14.3 Å². The molecule has 2 rings (SSSR count). The number of rotatable bonds is 8. The van der Waals surface area contributed by atoms with E-state index in [0.29, 0.717) is 26.1 Å². The molecule has 5 heteroatoms. The Balaban J connectivity index is 2.21. The lowest BCUT2D eigenvalue weighted by Gasteiger charge is -2.35. The second-order valence-electron chi connectivity index (χ2n) is 10.6. The van der Waals surface area contributed by atoms with Gasteiger partial charge in [0.2, 0.25) is 0 Å². The maximum absolute atomic E-state index is 12.1. The van der Waals surface area contributed by atoms with Crippen molar-refractivity contribution in [1.29, 1.82) is 0 Å². The van der Waals surface area contributed by atoms with Gasteiger partial charge in [0.25, 0.3) is 0 Å². The van der Waals surface area contributed by atoms with Gasteiger partial charge in [0.05, 0.1) is 30.3 Å². The van der Waals surface area contributed by atoms with Crippen molar-refractivity contribution in [3.63, 3.8) is 0 Å². The summed E-state index contributed by atoms with van der Waals surface area (Å²) in [5.74, 6) is -1.22. The smallest absolute Gasteiger partial charge is 0.308 e. The van der Waals surface area contributed by atoms with E-state index >= 15 is 0 Å². The quantitative estimate of drug-likeness (QED) is 0.649. The number of hydrogen-bond acceptors (Lipinski definition) is 4. The van der Waals surface area contributed by atoms with Crippen LogP contribution in [0.2, 0.25) is 0 Å². The Labute approximate surface area is 176 Å². The fourth-order valence-electron chi connectivity index (χ4n) is 3.91.